The van der Waals surface area contributed by atoms with Crippen molar-refractivity contribution in [2.24, 2.45) is 0 Å². The van der Waals surface area contributed by atoms with E-state index in [4.69, 9.17) is 23.2 Å². The van der Waals surface area contributed by atoms with E-state index < -0.39 is 22.5 Å². The fourth-order valence-corrected chi connectivity index (χ4v) is 4.90. The summed E-state index contributed by atoms with van der Waals surface area (Å²) >= 11 is 12.2. The maximum absolute atomic E-state index is 13.4. The Morgan fingerprint density at radius 1 is 0.968 bits per heavy atom. The number of aryl methyl sites for hydroxylation is 1. The highest BCUT2D eigenvalue weighted by Gasteiger charge is 2.28. The molecule has 0 aliphatic rings. The molecule has 0 saturated heterocycles. The van der Waals surface area contributed by atoms with Gasteiger partial charge in [0.15, 0.2) is 0 Å². The van der Waals surface area contributed by atoms with Crippen molar-refractivity contribution < 1.29 is 13.2 Å². The Bertz CT molecular complexity index is 1200. The highest BCUT2D eigenvalue weighted by molar-refractivity contribution is 7.92. The van der Waals surface area contributed by atoms with E-state index in [9.17, 15) is 13.2 Å². The van der Waals surface area contributed by atoms with Gasteiger partial charge in [0.1, 0.15) is 6.54 Å². The quantitative estimate of drug-likeness (QED) is 0.514. The van der Waals surface area contributed by atoms with Crippen LogP contribution in [0.4, 0.5) is 5.69 Å². The molecule has 0 atom stereocenters. The number of amides is 1. The molecule has 3 rings (SSSR count). The van der Waals surface area contributed by atoms with Gasteiger partial charge in [0.05, 0.1) is 10.6 Å². The number of hydrogen-bond acceptors (Lipinski definition) is 3. The molecule has 162 valence electrons. The van der Waals surface area contributed by atoms with Gasteiger partial charge in [-0.2, -0.15) is 0 Å². The van der Waals surface area contributed by atoms with Crippen molar-refractivity contribution in [3.8, 4) is 0 Å². The standard InChI is InChI=1S/C23H22Cl2N2O3S/c1-16-9-11-20(12-10-16)31(29,30)27(22-8-4-7-21(25)17(22)2)15-23(28)26-14-18-5-3-6-19(24)13-18/h3-13H,14-15H2,1-2H3,(H,26,28). The predicted octanol–water partition coefficient (Wildman–Crippen LogP) is 5.12. The van der Waals surface area contributed by atoms with Crippen molar-refractivity contribution in [3.05, 3.63) is 93.5 Å². The van der Waals surface area contributed by atoms with E-state index in [0.717, 1.165) is 15.4 Å². The SMILES string of the molecule is Cc1ccc(S(=O)(=O)N(CC(=O)NCc2cccc(Cl)c2)c2cccc(Cl)c2C)cc1. The second-order valence-electron chi connectivity index (χ2n) is 7.12. The molecule has 0 unspecified atom stereocenters. The van der Waals surface area contributed by atoms with E-state index in [0.29, 0.717) is 21.3 Å². The minimum absolute atomic E-state index is 0.0973. The Kier molecular flexibility index (Phi) is 7.26. The third-order valence-electron chi connectivity index (χ3n) is 4.78. The zero-order valence-electron chi connectivity index (χ0n) is 17.1. The average Bonchev–Trinajstić information content (AvgIpc) is 2.73. The summed E-state index contributed by atoms with van der Waals surface area (Å²) in [7, 11) is -4.00. The van der Waals surface area contributed by atoms with Gasteiger partial charge < -0.3 is 5.32 Å². The molecule has 3 aromatic carbocycles. The van der Waals surface area contributed by atoms with Crippen LogP contribution in [0.5, 0.6) is 0 Å². The van der Waals surface area contributed by atoms with Gasteiger partial charge in [-0.3, -0.25) is 9.10 Å². The van der Waals surface area contributed by atoms with Crippen LogP contribution in [0, 0.1) is 13.8 Å². The predicted molar refractivity (Wildman–Crippen MR) is 125 cm³/mol. The first-order chi connectivity index (χ1) is 14.7. The first-order valence-electron chi connectivity index (χ1n) is 9.54. The van der Waals surface area contributed by atoms with Crippen LogP contribution in [0.3, 0.4) is 0 Å². The molecule has 0 fully saturated rings. The smallest absolute Gasteiger partial charge is 0.264 e. The van der Waals surface area contributed by atoms with Gasteiger partial charge in [-0.15, -0.1) is 0 Å². The van der Waals surface area contributed by atoms with Gasteiger partial charge in [-0.1, -0.05) is 59.1 Å². The summed E-state index contributed by atoms with van der Waals surface area (Å²) in [6, 6.07) is 18.6. The molecule has 0 radical (unpaired) electrons. The number of nitrogens with zero attached hydrogens (tertiary/aromatic N) is 1. The van der Waals surface area contributed by atoms with Crippen molar-refractivity contribution in [1.29, 1.82) is 0 Å². The second-order valence-corrected chi connectivity index (χ2v) is 9.82. The highest BCUT2D eigenvalue weighted by Crippen LogP contribution is 2.30. The number of nitrogens with one attached hydrogen (secondary N) is 1. The van der Waals surface area contributed by atoms with E-state index in [-0.39, 0.29) is 11.4 Å². The Morgan fingerprint density at radius 3 is 2.32 bits per heavy atom. The summed E-state index contributed by atoms with van der Waals surface area (Å²) in [6.45, 7) is 3.43. The molecule has 0 saturated carbocycles. The summed E-state index contributed by atoms with van der Waals surface area (Å²) in [5.41, 5.74) is 2.67. The largest absolute Gasteiger partial charge is 0.350 e. The Balaban J connectivity index is 1.91. The van der Waals surface area contributed by atoms with Crippen LogP contribution in [0.15, 0.2) is 71.6 Å². The van der Waals surface area contributed by atoms with Crippen molar-refractivity contribution >= 4 is 44.8 Å². The first kappa shape index (κ1) is 23.1. The number of carbonyl (C=O) groups excluding carboxylic acids is 1. The molecule has 3 aromatic rings. The molecule has 0 spiro atoms. The van der Waals surface area contributed by atoms with Crippen LogP contribution in [0.2, 0.25) is 10.0 Å². The normalized spacial score (nSPS) is 11.2. The summed E-state index contributed by atoms with van der Waals surface area (Å²) in [5.74, 6) is -0.449. The topological polar surface area (TPSA) is 66.5 Å². The number of sulfonamides is 1. The van der Waals surface area contributed by atoms with Crippen LogP contribution < -0.4 is 9.62 Å². The molecule has 0 heterocycles. The number of hydrogen-bond donors (Lipinski definition) is 1. The van der Waals surface area contributed by atoms with Crippen molar-refractivity contribution in [2.45, 2.75) is 25.3 Å². The molecule has 5 nitrogen and oxygen atoms in total. The second kappa shape index (κ2) is 9.73. The Hall–Kier alpha value is -2.54. The number of benzene rings is 3. The number of carbonyl (C=O) groups is 1. The van der Waals surface area contributed by atoms with Gasteiger partial charge >= 0.3 is 0 Å². The summed E-state index contributed by atoms with van der Waals surface area (Å²) < 4.78 is 28.0. The average molecular weight is 477 g/mol. The van der Waals surface area contributed by atoms with E-state index in [1.54, 1.807) is 55.5 Å². The van der Waals surface area contributed by atoms with Crippen molar-refractivity contribution in [1.82, 2.24) is 5.32 Å². The van der Waals surface area contributed by atoms with Gasteiger partial charge in [0.25, 0.3) is 10.0 Å². The molecule has 0 aromatic heterocycles. The zero-order chi connectivity index (χ0) is 22.6. The maximum atomic E-state index is 13.4. The number of rotatable bonds is 7. The van der Waals surface area contributed by atoms with Crippen LogP contribution in [0.1, 0.15) is 16.7 Å². The molecule has 1 amide bonds. The van der Waals surface area contributed by atoms with Crippen LogP contribution in [-0.2, 0) is 21.4 Å². The number of halogens is 2. The summed E-state index contributed by atoms with van der Waals surface area (Å²) in [4.78, 5) is 12.8. The monoisotopic (exact) mass is 476 g/mol. The molecule has 0 bridgehead atoms. The van der Waals surface area contributed by atoms with Crippen molar-refractivity contribution in [2.75, 3.05) is 10.8 Å². The highest BCUT2D eigenvalue weighted by atomic mass is 35.5. The lowest BCUT2D eigenvalue weighted by Crippen LogP contribution is -2.41. The lowest BCUT2D eigenvalue weighted by Gasteiger charge is -2.26. The van der Waals surface area contributed by atoms with Gasteiger partial charge in [-0.25, -0.2) is 8.42 Å². The molecule has 31 heavy (non-hydrogen) atoms. The fourth-order valence-electron chi connectivity index (χ4n) is 3.04. The van der Waals surface area contributed by atoms with E-state index >= 15 is 0 Å². The molecule has 8 heteroatoms. The Morgan fingerprint density at radius 2 is 1.65 bits per heavy atom. The zero-order valence-corrected chi connectivity index (χ0v) is 19.4. The van der Waals surface area contributed by atoms with Gasteiger partial charge in [0.2, 0.25) is 5.91 Å². The fraction of sp³-hybridized carbons (Fsp3) is 0.174. The van der Waals surface area contributed by atoms with Crippen LogP contribution in [-0.4, -0.2) is 20.9 Å². The Labute approximate surface area is 192 Å². The van der Waals surface area contributed by atoms with Crippen LogP contribution >= 0.6 is 23.2 Å². The van der Waals surface area contributed by atoms with Gasteiger partial charge in [-0.05, 0) is 61.4 Å². The summed E-state index contributed by atoms with van der Waals surface area (Å²) in [6.07, 6.45) is 0. The van der Waals surface area contributed by atoms with Crippen LogP contribution in [0.25, 0.3) is 0 Å². The van der Waals surface area contributed by atoms with E-state index in [2.05, 4.69) is 5.32 Å². The van der Waals surface area contributed by atoms with Gasteiger partial charge in [0, 0.05) is 16.6 Å². The third-order valence-corrected chi connectivity index (χ3v) is 7.20. The molecule has 1 N–H and O–H groups in total. The minimum Gasteiger partial charge on any atom is -0.350 e. The van der Waals surface area contributed by atoms with Crippen molar-refractivity contribution in [3.63, 3.8) is 0 Å². The lowest BCUT2D eigenvalue weighted by atomic mass is 10.2. The summed E-state index contributed by atoms with van der Waals surface area (Å²) in [5, 5.41) is 3.73. The first-order valence-corrected chi connectivity index (χ1v) is 11.7. The maximum Gasteiger partial charge on any atom is 0.264 e. The molecule has 0 aliphatic heterocycles. The lowest BCUT2D eigenvalue weighted by molar-refractivity contribution is -0.119. The third kappa shape index (κ3) is 5.58. The van der Waals surface area contributed by atoms with E-state index in [1.165, 1.54) is 12.1 Å². The molecular weight excluding hydrogens is 455 g/mol. The number of anilines is 1. The molecular formula is C23H22Cl2N2O3S. The minimum atomic E-state index is -4.00. The molecule has 0 aliphatic carbocycles. The van der Waals surface area contributed by atoms with E-state index in [1.807, 2.05) is 13.0 Å².